The minimum atomic E-state index is 0.0204. The van der Waals surface area contributed by atoms with Gasteiger partial charge in [-0.1, -0.05) is 31.2 Å². The monoisotopic (exact) mass is 312 g/mol. The maximum atomic E-state index is 12.4. The van der Waals surface area contributed by atoms with Gasteiger partial charge in [0.05, 0.1) is 18.3 Å². The first kappa shape index (κ1) is 15.7. The van der Waals surface area contributed by atoms with Crippen molar-refractivity contribution in [2.24, 2.45) is 7.05 Å². The summed E-state index contributed by atoms with van der Waals surface area (Å²) < 4.78 is 1.82. The third-order valence-corrected chi connectivity index (χ3v) is 4.54. The fraction of sp³-hybridized carbons (Fsp3) is 0.444. The van der Waals surface area contributed by atoms with Gasteiger partial charge in [0, 0.05) is 26.3 Å². The molecule has 0 unspecified atom stereocenters. The Hall–Kier alpha value is -2.14. The van der Waals surface area contributed by atoms with Crippen LogP contribution in [0.15, 0.2) is 36.5 Å². The van der Waals surface area contributed by atoms with Gasteiger partial charge >= 0.3 is 0 Å². The molecule has 0 fully saturated rings. The first-order valence-corrected chi connectivity index (χ1v) is 8.23. The number of amides is 1. The Morgan fingerprint density at radius 2 is 2.09 bits per heavy atom. The second kappa shape index (κ2) is 6.96. The van der Waals surface area contributed by atoms with E-state index in [1.165, 1.54) is 11.1 Å². The topological polar surface area (TPSA) is 50.2 Å². The lowest BCUT2D eigenvalue weighted by atomic mass is 10.00. The van der Waals surface area contributed by atoms with E-state index in [1.807, 2.05) is 17.8 Å². The summed E-state index contributed by atoms with van der Waals surface area (Å²) in [4.78, 5) is 14.6. The van der Waals surface area contributed by atoms with Gasteiger partial charge < -0.3 is 5.32 Å². The number of nitrogens with one attached hydrogen (secondary N) is 1. The summed E-state index contributed by atoms with van der Waals surface area (Å²) in [6.07, 6.45) is 3.64. The molecule has 1 aromatic heterocycles. The third-order valence-electron chi connectivity index (χ3n) is 4.54. The van der Waals surface area contributed by atoms with Crippen molar-refractivity contribution >= 4 is 5.91 Å². The highest BCUT2D eigenvalue weighted by molar-refractivity contribution is 5.78. The number of carbonyl (C=O) groups is 1. The number of hydrogen-bond donors (Lipinski definition) is 1. The van der Waals surface area contributed by atoms with E-state index in [2.05, 4.69) is 46.5 Å². The van der Waals surface area contributed by atoms with Crippen LogP contribution < -0.4 is 5.32 Å². The summed E-state index contributed by atoms with van der Waals surface area (Å²) in [5.74, 6) is 0.0810. The molecule has 2 aromatic rings. The van der Waals surface area contributed by atoms with Crippen molar-refractivity contribution in [3.8, 4) is 0 Å². The van der Waals surface area contributed by atoms with Gasteiger partial charge in [-0.05, 0) is 30.0 Å². The Bertz CT molecular complexity index is 679. The smallest absolute Gasteiger partial charge is 0.234 e. The lowest BCUT2D eigenvalue weighted by Gasteiger charge is -2.28. The van der Waals surface area contributed by atoms with Crippen LogP contribution in [0.2, 0.25) is 0 Å². The second-order valence-electron chi connectivity index (χ2n) is 6.14. The molecule has 1 N–H and O–H groups in total. The zero-order chi connectivity index (χ0) is 16.2. The lowest BCUT2D eigenvalue weighted by Crippen LogP contribution is -2.41. The van der Waals surface area contributed by atoms with Gasteiger partial charge in [-0.2, -0.15) is 5.10 Å². The van der Waals surface area contributed by atoms with Crippen molar-refractivity contribution in [3.05, 3.63) is 53.3 Å². The highest BCUT2D eigenvalue weighted by Gasteiger charge is 2.20. The van der Waals surface area contributed by atoms with Crippen molar-refractivity contribution in [3.63, 3.8) is 0 Å². The molecule has 1 atom stereocenters. The fourth-order valence-corrected chi connectivity index (χ4v) is 3.24. The number of hydrogen-bond acceptors (Lipinski definition) is 3. The quantitative estimate of drug-likeness (QED) is 0.919. The van der Waals surface area contributed by atoms with Crippen LogP contribution in [0.5, 0.6) is 0 Å². The molecule has 0 aliphatic carbocycles. The number of fused-ring (bicyclic) bond motifs is 1. The minimum Gasteiger partial charge on any atom is -0.347 e. The van der Waals surface area contributed by atoms with Crippen LogP contribution in [0, 0.1) is 0 Å². The van der Waals surface area contributed by atoms with E-state index in [4.69, 9.17) is 0 Å². The van der Waals surface area contributed by atoms with E-state index in [0.29, 0.717) is 6.54 Å². The van der Waals surface area contributed by atoms with Crippen molar-refractivity contribution in [2.75, 3.05) is 13.1 Å². The number of nitrogens with zero attached hydrogens (tertiary/aromatic N) is 3. The van der Waals surface area contributed by atoms with Crippen molar-refractivity contribution in [1.82, 2.24) is 20.0 Å². The number of benzene rings is 1. The highest BCUT2D eigenvalue weighted by atomic mass is 16.2. The molecule has 0 spiro atoms. The van der Waals surface area contributed by atoms with Gasteiger partial charge in [-0.25, -0.2) is 0 Å². The molecule has 122 valence electrons. The Balaban J connectivity index is 1.58. The predicted molar refractivity (Wildman–Crippen MR) is 89.8 cm³/mol. The van der Waals surface area contributed by atoms with Crippen LogP contribution in [0.1, 0.15) is 36.2 Å². The van der Waals surface area contributed by atoms with E-state index in [0.717, 1.165) is 31.6 Å². The normalized spacial score (nSPS) is 15.9. The van der Waals surface area contributed by atoms with Crippen LogP contribution in [0.3, 0.4) is 0 Å². The maximum absolute atomic E-state index is 12.4. The number of aryl methyl sites for hydroxylation is 1. The average Bonchev–Trinajstić information content (AvgIpc) is 2.98. The molecule has 1 aromatic carbocycles. The first-order valence-electron chi connectivity index (χ1n) is 8.23. The molecule has 23 heavy (non-hydrogen) atoms. The molecule has 0 saturated heterocycles. The van der Waals surface area contributed by atoms with E-state index >= 15 is 0 Å². The Morgan fingerprint density at radius 1 is 1.30 bits per heavy atom. The number of rotatable bonds is 5. The van der Waals surface area contributed by atoms with Crippen LogP contribution in [-0.4, -0.2) is 33.7 Å². The van der Waals surface area contributed by atoms with E-state index in [-0.39, 0.29) is 11.9 Å². The Kier molecular flexibility index (Phi) is 4.76. The third kappa shape index (κ3) is 3.62. The molecule has 1 aliphatic rings. The minimum absolute atomic E-state index is 0.0204. The van der Waals surface area contributed by atoms with E-state index < -0.39 is 0 Å². The summed E-state index contributed by atoms with van der Waals surface area (Å²) in [5.41, 5.74) is 3.79. The Labute approximate surface area is 137 Å². The van der Waals surface area contributed by atoms with Gasteiger partial charge in [0.2, 0.25) is 5.91 Å². The molecule has 2 heterocycles. The van der Waals surface area contributed by atoms with Crippen LogP contribution in [-0.2, 0) is 24.8 Å². The SMILES string of the molecule is CC[C@@H](NC(=O)CN1CCc2ccccc2C1)c1ccnn1C. The average molecular weight is 312 g/mol. The molecular formula is C18H24N4O. The summed E-state index contributed by atoms with van der Waals surface area (Å²) >= 11 is 0. The molecule has 5 heteroatoms. The summed E-state index contributed by atoms with van der Waals surface area (Å²) in [6.45, 7) is 4.32. The molecular weight excluding hydrogens is 288 g/mol. The molecule has 1 aliphatic heterocycles. The summed E-state index contributed by atoms with van der Waals surface area (Å²) in [7, 11) is 1.91. The van der Waals surface area contributed by atoms with Gasteiger partial charge in [0.1, 0.15) is 0 Å². The largest absolute Gasteiger partial charge is 0.347 e. The predicted octanol–water partition coefficient (Wildman–Crippen LogP) is 2.05. The first-order chi connectivity index (χ1) is 11.2. The van der Waals surface area contributed by atoms with Gasteiger partial charge in [-0.3, -0.25) is 14.4 Å². The van der Waals surface area contributed by atoms with Gasteiger partial charge in [-0.15, -0.1) is 0 Å². The van der Waals surface area contributed by atoms with Crippen LogP contribution >= 0.6 is 0 Å². The second-order valence-corrected chi connectivity index (χ2v) is 6.14. The van der Waals surface area contributed by atoms with Gasteiger partial charge in [0.15, 0.2) is 0 Å². The molecule has 1 amide bonds. The van der Waals surface area contributed by atoms with Crippen LogP contribution in [0.25, 0.3) is 0 Å². The van der Waals surface area contributed by atoms with Crippen LogP contribution in [0.4, 0.5) is 0 Å². The number of carbonyl (C=O) groups excluding carboxylic acids is 1. The van der Waals surface area contributed by atoms with E-state index in [9.17, 15) is 4.79 Å². The molecule has 0 radical (unpaired) electrons. The molecule has 3 rings (SSSR count). The molecule has 5 nitrogen and oxygen atoms in total. The standard InChI is InChI=1S/C18H24N4O/c1-3-16(17-8-10-19-21(17)2)20-18(23)13-22-11-9-14-6-4-5-7-15(14)12-22/h4-8,10,16H,3,9,11-13H2,1-2H3,(H,20,23)/t16-/m1/s1. The lowest BCUT2D eigenvalue weighted by molar-refractivity contribution is -0.123. The summed E-state index contributed by atoms with van der Waals surface area (Å²) in [5, 5.41) is 7.33. The highest BCUT2D eigenvalue weighted by Crippen LogP contribution is 2.19. The molecule has 0 bridgehead atoms. The zero-order valence-electron chi connectivity index (χ0n) is 13.8. The molecule has 0 saturated carbocycles. The van der Waals surface area contributed by atoms with Crippen molar-refractivity contribution in [2.45, 2.75) is 32.4 Å². The van der Waals surface area contributed by atoms with Crippen molar-refractivity contribution < 1.29 is 4.79 Å². The van der Waals surface area contributed by atoms with E-state index in [1.54, 1.807) is 6.20 Å². The van der Waals surface area contributed by atoms with Gasteiger partial charge in [0.25, 0.3) is 0 Å². The fourth-order valence-electron chi connectivity index (χ4n) is 3.24. The zero-order valence-corrected chi connectivity index (χ0v) is 13.8. The summed E-state index contributed by atoms with van der Waals surface area (Å²) in [6, 6.07) is 10.5. The Morgan fingerprint density at radius 3 is 2.78 bits per heavy atom. The maximum Gasteiger partial charge on any atom is 0.234 e. The van der Waals surface area contributed by atoms with Crippen molar-refractivity contribution in [1.29, 1.82) is 0 Å². The number of aromatic nitrogens is 2.